The van der Waals surface area contributed by atoms with E-state index in [0.29, 0.717) is 18.7 Å². The Bertz CT molecular complexity index is 896. The summed E-state index contributed by atoms with van der Waals surface area (Å²) in [6.45, 7) is 5.96. The Hall–Kier alpha value is -1.42. The zero-order chi connectivity index (χ0) is 21.3. The molecule has 2 atom stereocenters. The molecule has 0 saturated carbocycles. The van der Waals surface area contributed by atoms with E-state index < -0.39 is 17.7 Å². The van der Waals surface area contributed by atoms with Crippen molar-refractivity contribution in [2.45, 2.75) is 44.9 Å². The van der Waals surface area contributed by atoms with Crippen molar-refractivity contribution in [2.75, 3.05) is 25.7 Å². The first-order valence-electron chi connectivity index (χ1n) is 9.46. The number of ether oxygens (including phenoxy) is 2. The smallest absolute Gasteiger partial charge is 0.407 e. The number of hydrogen-bond donors (Lipinski definition) is 3. The van der Waals surface area contributed by atoms with Crippen LogP contribution in [0.15, 0.2) is 16.6 Å². The van der Waals surface area contributed by atoms with Crippen molar-refractivity contribution in [3.05, 3.63) is 27.9 Å². The van der Waals surface area contributed by atoms with Crippen LogP contribution < -0.4 is 10.1 Å². The second-order valence-electron chi connectivity index (χ2n) is 8.12. The molecule has 2 heterocycles. The van der Waals surface area contributed by atoms with Crippen LogP contribution in [0.2, 0.25) is 0 Å². The Morgan fingerprint density at radius 2 is 2.21 bits per heavy atom. The minimum atomic E-state index is -0.589. The molecule has 3 rings (SSSR count). The number of H-pyrrole nitrogens is 1. The van der Waals surface area contributed by atoms with Crippen molar-refractivity contribution in [3.63, 3.8) is 0 Å². The van der Waals surface area contributed by atoms with Gasteiger partial charge in [-0.2, -0.15) is 16.8 Å². The molecular weight excluding hydrogens is 458 g/mol. The SMILES string of the molecule is COc1cc2c3c([nH]c2cc1Br)[C@H]([C@@H](CSC)NC(=O)OC(C)(C)C)N(O)CC3. The van der Waals surface area contributed by atoms with Gasteiger partial charge in [0.15, 0.2) is 0 Å². The van der Waals surface area contributed by atoms with Gasteiger partial charge >= 0.3 is 6.09 Å². The molecule has 29 heavy (non-hydrogen) atoms. The molecule has 0 radical (unpaired) electrons. The third kappa shape index (κ3) is 4.84. The summed E-state index contributed by atoms with van der Waals surface area (Å²) in [7, 11) is 1.64. The molecular formula is C20H28BrN3O4S. The van der Waals surface area contributed by atoms with Gasteiger partial charge in [-0.1, -0.05) is 0 Å². The fourth-order valence-electron chi connectivity index (χ4n) is 3.72. The number of hydrogen-bond acceptors (Lipinski definition) is 6. The number of aromatic amines is 1. The predicted molar refractivity (Wildman–Crippen MR) is 119 cm³/mol. The van der Waals surface area contributed by atoms with Crippen LogP contribution in [0.25, 0.3) is 10.9 Å². The van der Waals surface area contributed by atoms with Crippen LogP contribution in [-0.4, -0.2) is 58.7 Å². The fraction of sp³-hybridized carbons (Fsp3) is 0.550. The molecule has 0 unspecified atom stereocenters. The Balaban J connectivity index is 1.99. The molecule has 3 N–H and O–H groups in total. The highest BCUT2D eigenvalue weighted by Gasteiger charge is 2.37. The van der Waals surface area contributed by atoms with Crippen LogP contribution in [0, 0.1) is 0 Å². The normalized spacial score (nSPS) is 18.4. The van der Waals surface area contributed by atoms with Crippen LogP contribution in [0.4, 0.5) is 4.79 Å². The van der Waals surface area contributed by atoms with Gasteiger partial charge in [0.1, 0.15) is 11.4 Å². The third-order valence-corrected chi connectivity index (χ3v) is 6.16. The van der Waals surface area contributed by atoms with Crippen LogP contribution in [0.5, 0.6) is 5.75 Å². The van der Waals surface area contributed by atoms with Gasteiger partial charge in [-0.15, -0.1) is 0 Å². The van der Waals surface area contributed by atoms with E-state index >= 15 is 0 Å². The van der Waals surface area contributed by atoms with Crippen molar-refractivity contribution in [1.29, 1.82) is 0 Å². The quantitative estimate of drug-likeness (QED) is 0.578. The van der Waals surface area contributed by atoms with Crippen molar-refractivity contribution < 1.29 is 19.5 Å². The summed E-state index contributed by atoms with van der Waals surface area (Å²) in [5, 5.41) is 16.0. The number of aromatic nitrogens is 1. The van der Waals surface area contributed by atoms with Crippen LogP contribution in [0.1, 0.15) is 38.1 Å². The number of alkyl carbamates (subject to hydrolysis) is 1. The third-order valence-electron chi connectivity index (χ3n) is 4.85. The van der Waals surface area contributed by atoms with Crippen molar-refractivity contribution >= 4 is 44.7 Å². The second-order valence-corrected chi connectivity index (χ2v) is 9.88. The van der Waals surface area contributed by atoms with E-state index in [1.165, 1.54) is 5.06 Å². The zero-order valence-electron chi connectivity index (χ0n) is 17.3. The summed E-state index contributed by atoms with van der Waals surface area (Å²) in [6.07, 6.45) is 2.19. The Labute approximate surface area is 183 Å². The van der Waals surface area contributed by atoms with Crippen molar-refractivity contribution in [3.8, 4) is 5.75 Å². The standard InChI is InChI=1S/C20H28BrN3O4S/c1-20(2,3)28-19(25)23-15(10-29-5)18-17-11(6-7-24(18)26)12-8-16(27-4)13(21)9-14(12)22-17/h8-9,15,18,22,26H,6-7,10H2,1-5H3,(H,23,25)/t15-,18+/m1/s1. The van der Waals surface area contributed by atoms with Gasteiger partial charge in [0.05, 0.1) is 23.7 Å². The maximum Gasteiger partial charge on any atom is 0.407 e. The Morgan fingerprint density at radius 1 is 1.48 bits per heavy atom. The van der Waals surface area contributed by atoms with Gasteiger partial charge in [-0.3, -0.25) is 0 Å². The molecule has 0 bridgehead atoms. The molecule has 0 fully saturated rings. The van der Waals surface area contributed by atoms with Crippen LogP contribution in [0.3, 0.4) is 0 Å². The molecule has 0 spiro atoms. The minimum Gasteiger partial charge on any atom is -0.496 e. The average molecular weight is 486 g/mol. The lowest BCUT2D eigenvalue weighted by atomic mass is 9.94. The van der Waals surface area contributed by atoms with E-state index in [9.17, 15) is 10.0 Å². The number of halogens is 1. The molecule has 0 saturated heterocycles. The molecule has 160 valence electrons. The summed E-state index contributed by atoms with van der Waals surface area (Å²) in [4.78, 5) is 15.9. The number of benzene rings is 1. The maximum absolute atomic E-state index is 12.4. The monoisotopic (exact) mass is 485 g/mol. The van der Waals surface area contributed by atoms with Crippen molar-refractivity contribution in [2.24, 2.45) is 0 Å². The molecule has 2 aromatic rings. The number of nitrogens with one attached hydrogen (secondary N) is 2. The number of hydroxylamine groups is 2. The average Bonchev–Trinajstić information content (AvgIpc) is 2.95. The molecule has 1 aromatic carbocycles. The maximum atomic E-state index is 12.4. The lowest BCUT2D eigenvalue weighted by Crippen LogP contribution is -2.50. The van der Waals surface area contributed by atoms with Gasteiger partial charge in [0.2, 0.25) is 0 Å². The number of fused-ring (bicyclic) bond motifs is 3. The van der Waals surface area contributed by atoms with E-state index in [0.717, 1.165) is 32.4 Å². The molecule has 9 heteroatoms. The predicted octanol–water partition coefficient (Wildman–Crippen LogP) is 4.48. The van der Waals surface area contributed by atoms with Crippen LogP contribution >= 0.6 is 27.7 Å². The van der Waals surface area contributed by atoms with Gasteiger partial charge in [-0.25, -0.2) is 4.79 Å². The minimum absolute atomic E-state index is 0.331. The van der Waals surface area contributed by atoms with E-state index in [-0.39, 0.29) is 6.04 Å². The summed E-state index contributed by atoms with van der Waals surface area (Å²) in [5.41, 5.74) is 2.42. The molecule has 7 nitrogen and oxygen atoms in total. The Morgan fingerprint density at radius 3 is 2.83 bits per heavy atom. The van der Waals surface area contributed by atoms with Gasteiger partial charge < -0.3 is 25.0 Å². The highest BCUT2D eigenvalue weighted by molar-refractivity contribution is 9.10. The Kier molecular flexibility index (Phi) is 6.72. The highest BCUT2D eigenvalue weighted by Crippen LogP contribution is 2.39. The first-order chi connectivity index (χ1) is 13.6. The summed E-state index contributed by atoms with van der Waals surface area (Å²) >= 11 is 5.14. The fourth-order valence-corrected chi connectivity index (χ4v) is 4.85. The number of nitrogens with zero attached hydrogens (tertiary/aromatic N) is 1. The lowest BCUT2D eigenvalue weighted by molar-refractivity contribution is -0.141. The number of rotatable bonds is 5. The number of methoxy groups -OCH3 is 1. The molecule has 1 amide bonds. The van der Waals surface area contributed by atoms with Crippen LogP contribution in [-0.2, 0) is 11.2 Å². The lowest BCUT2D eigenvalue weighted by Gasteiger charge is -2.36. The largest absolute Gasteiger partial charge is 0.496 e. The molecule has 1 aromatic heterocycles. The number of carbonyl (C=O) groups excluding carboxylic acids is 1. The molecule has 0 aliphatic carbocycles. The summed E-state index contributed by atoms with van der Waals surface area (Å²) in [6, 6.07) is 3.25. The van der Waals surface area contributed by atoms with Crippen molar-refractivity contribution in [1.82, 2.24) is 15.4 Å². The highest BCUT2D eigenvalue weighted by atomic mass is 79.9. The van der Waals surface area contributed by atoms with E-state index in [2.05, 4.69) is 26.2 Å². The summed E-state index contributed by atoms with van der Waals surface area (Å²) in [5.74, 6) is 1.39. The first-order valence-corrected chi connectivity index (χ1v) is 11.6. The topological polar surface area (TPSA) is 86.8 Å². The van der Waals surface area contributed by atoms with E-state index in [4.69, 9.17) is 9.47 Å². The number of amides is 1. The van der Waals surface area contributed by atoms with Gasteiger partial charge in [0.25, 0.3) is 0 Å². The second kappa shape index (κ2) is 8.75. The van der Waals surface area contributed by atoms with Gasteiger partial charge in [-0.05, 0) is 67.1 Å². The van der Waals surface area contributed by atoms with E-state index in [1.807, 2.05) is 39.2 Å². The zero-order valence-corrected chi connectivity index (χ0v) is 19.7. The van der Waals surface area contributed by atoms with E-state index in [1.54, 1.807) is 18.9 Å². The first kappa shape index (κ1) is 22.3. The molecule has 1 aliphatic rings. The molecule has 1 aliphatic heterocycles. The van der Waals surface area contributed by atoms with Gasteiger partial charge in [0, 0.05) is 28.9 Å². The summed E-state index contributed by atoms with van der Waals surface area (Å²) < 4.78 is 11.7. The number of thioether (sulfide) groups is 1. The number of carbonyl (C=O) groups is 1.